The molecule has 1 aliphatic rings. The summed E-state index contributed by atoms with van der Waals surface area (Å²) in [6.07, 6.45) is 18.9. The van der Waals surface area contributed by atoms with Gasteiger partial charge in [0.25, 0.3) is 0 Å². The second-order valence-corrected chi connectivity index (χ2v) is 9.33. The number of hydrogen-bond donors (Lipinski definition) is 0. The maximum absolute atomic E-state index is 3.91. The maximum atomic E-state index is 3.91. The van der Waals surface area contributed by atoms with Gasteiger partial charge in [0.05, 0.1) is 0 Å². The van der Waals surface area contributed by atoms with Crippen LogP contribution in [-0.2, 0) is 18.3 Å². The molecule has 0 fully saturated rings. The maximum Gasteiger partial charge on any atom is 0.0215 e. The van der Waals surface area contributed by atoms with Crippen LogP contribution in [0.5, 0.6) is 0 Å². The quantitative estimate of drug-likeness (QED) is 0.213. The molecule has 0 spiro atoms. The third kappa shape index (κ3) is 5.22. The molecule has 0 heterocycles. The van der Waals surface area contributed by atoms with E-state index in [-0.39, 0.29) is 5.41 Å². The Hall–Kier alpha value is -2.08. The van der Waals surface area contributed by atoms with Crippen molar-refractivity contribution < 1.29 is 0 Å². The number of hydrogen-bond acceptors (Lipinski definition) is 0. The molecule has 0 aromatic heterocycles. The monoisotopic (exact) mass is 414 g/mol. The Bertz CT molecular complexity index is 796. The molecule has 0 saturated carbocycles. The van der Waals surface area contributed by atoms with Crippen LogP contribution in [0.25, 0.3) is 11.1 Å². The Morgan fingerprint density at radius 3 is 1.48 bits per heavy atom. The van der Waals surface area contributed by atoms with E-state index in [9.17, 15) is 0 Å². The standard InChI is InChI=1S/C31H42/c1-5-9-11-13-15-21-31(22-16-14-12-10-6-2)29-23-25(7-3)17-19-27(29)28-20-18-26(8-4)24-30(28)31/h5-6,17-20,23-24H,1-2,7-16,21-22H2,3-4H3. The van der Waals surface area contributed by atoms with Crippen molar-refractivity contribution in [3.63, 3.8) is 0 Å². The minimum atomic E-state index is 0.184. The van der Waals surface area contributed by atoms with Crippen LogP contribution in [0.1, 0.15) is 100 Å². The fourth-order valence-electron chi connectivity index (χ4n) is 5.48. The van der Waals surface area contributed by atoms with Crippen LogP contribution in [0.3, 0.4) is 0 Å². The van der Waals surface area contributed by atoms with Crippen molar-refractivity contribution in [1.82, 2.24) is 0 Å². The molecule has 0 atom stereocenters. The van der Waals surface area contributed by atoms with Crippen molar-refractivity contribution in [2.75, 3.05) is 0 Å². The van der Waals surface area contributed by atoms with E-state index in [2.05, 4.69) is 75.6 Å². The summed E-state index contributed by atoms with van der Waals surface area (Å²) in [7, 11) is 0. The van der Waals surface area contributed by atoms with Crippen molar-refractivity contribution in [2.45, 2.75) is 96.3 Å². The number of fused-ring (bicyclic) bond motifs is 3. The average Bonchev–Trinajstić information content (AvgIpc) is 3.07. The van der Waals surface area contributed by atoms with Gasteiger partial charge >= 0.3 is 0 Å². The molecule has 0 amide bonds. The zero-order valence-corrected chi connectivity index (χ0v) is 20.0. The number of allylic oxidation sites excluding steroid dienone is 2. The van der Waals surface area contributed by atoms with Crippen molar-refractivity contribution in [2.24, 2.45) is 0 Å². The summed E-state index contributed by atoms with van der Waals surface area (Å²) in [4.78, 5) is 0. The van der Waals surface area contributed by atoms with Crippen molar-refractivity contribution in [3.05, 3.63) is 84.0 Å². The highest BCUT2D eigenvalue weighted by Gasteiger charge is 2.42. The zero-order valence-electron chi connectivity index (χ0n) is 20.0. The number of aryl methyl sites for hydroxylation is 2. The molecule has 0 unspecified atom stereocenters. The summed E-state index contributed by atoms with van der Waals surface area (Å²) in [6.45, 7) is 12.4. The van der Waals surface area contributed by atoms with Gasteiger partial charge in [0, 0.05) is 5.41 Å². The van der Waals surface area contributed by atoms with Gasteiger partial charge in [0.15, 0.2) is 0 Å². The summed E-state index contributed by atoms with van der Waals surface area (Å²) < 4.78 is 0. The Morgan fingerprint density at radius 2 is 1.10 bits per heavy atom. The lowest BCUT2D eigenvalue weighted by Gasteiger charge is -2.33. The fraction of sp³-hybridized carbons (Fsp3) is 0.484. The molecule has 2 aromatic carbocycles. The summed E-state index contributed by atoms with van der Waals surface area (Å²) in [5.74, 6) is 0. The highest BCUT2D eigenvalue weighted by molar-refractivity contribution is 5.81. The predicted octanol–water partition coefficient (Wildman–Crippen LogP) is 9.35. The molecule has 2 aromatic rings. The Morgan fingerprint density at radius 1 is 0.645 bits per heavy atom. The summed E-state index contributed by atoms with van der Waals surface area (Å²) in [6, 6.07) is 14.6. The molecular formula is C31H42. The van der Waals surface area contributed by atoms with E-state index in [1.165, 1.54) is 73.6 Å². The average molecular weight is 415 g/mol. The molecule has 0 N–H and O–H groups in total. The number of unbranched alkanes of at least 4 members (excludes halogenated alkanes) is 6. The zero-order chi connectivity index (χ0) is 22.1. The Kier molecular flexibility index (Phi) is 8.76. The van der Waals surface area contributed by atoms with Crippen LogP contribution in [-0.4, -0.2) is 0 Å². The third-order valence-corrected chi connectivity index (χ3v) is 7.33. The van der Waals surface area contributed by atoms with E-state index in [1.807, 2.05) is 0 Å². The van der Waals surface area contributed by atoms with Crippen LogP contribution in [0.2, 0.25) is 0 Å². The minimum Gasteiger partial charge on any atom is -0.103 e. The van der Waals surface area contributed by atoms with Gasteiger partial charge in [-0.05, 0) is 84.7 Å². The van der Waals surface area contributed by atoms with Gasteiger partial charge in [0.1, 0.15) is 0 Å². The molecular weight excluding hydrogens is 372 g/mol. The van der Waals surface area contributed by atoms with E-state index >= 15 is 0 Å². The van der Waals surface area contributed by atoms with Crippen LogP contribution in [0, 0.1) is 0 Å². The minimum absolute atomic E-state index is 0.184. The molecule has 3 rings (SSSR count). The van der Waals surface area contributed by atoms with E-state index in [0.29, 0.717) is 0 Å². The predicted molar refractivity (Wildman–Crippen MR) is 138 cm³/mol. The first-order chi connectivity index (χ1) is 15.2. The second kappa shape index (κ2) is 11.5. The lowest BCUT2D eigenvalue weighted by Crippen LogP contribution is -2.26. The van der Waals surface area contributed by atoms with E-state index in [0.717, 1.165) is 25.7 Å². The van der Waals surface area contributed by atoms with Crippen LogP contribution in [0.15, 0.2) is 61.7 Å². The van der Waals surface area contributed by atoms with Gasteiger partial charge < -0.3 is 0 Å². The number of rotatable bonds is 14. The van der Waals surface area contributed by atoms with Crippen LogP contribution >= 0.6 is 0 Å². The summed E-state index contributed by atoms with van der Waals surface area (Å²) in [5, 5.41) is 0. The molecule has 0 radical (unpaired) electrons. The molecule has 0 nitrogen and oxygen atoms in total. The van der Waals surface area contributed by atoms with Crippen LogP contribution < -0.4 is 0 Å². The van der Waals surface area contributed by atoms with Gasteiger partial charge in [-0.15, -0.1) is 13.2 Å². The fourth-order valence-corrected chi connectivity index (χ4v) is 5.48. The lowest BCUT2D eigenvalue weighted by atomic mass is 9.70. The summed E-state index contributed by atoms with van der Waals surface area (Å²) >= 11 is 0. The van der Waals surface area contributed by atoms with Gasteiger partial charge in [-0.25, -0.2) is 0 Å². The molecule has 0 saturated heterocycles. The molecule has 1 aliphatic carbocycles. The summed E-state index contributed by atoms with van der Waals surface area (Å²) in [5.41, 5.74) is 9.35. The largest absolute Gasteiger partial charge is 0.103 e. The molecule has 0 aliphatic heterocycles. The SMILES string of the molecule is C=CCCCCCC1(CCCCCC=C)c2cc(CC)ccc2-c2ccc(CC)cc21. The van der Waals surface area contributed by atoms with E-state index < -0.39 is 0 Å². The van der Waals surface area contributed by atoms with Crippen molar-refractivity contribution >= 4 is 0 Å². The molecule has 31 heavy (non-hydrogen) atoms. The second-order valence-electron chi connectivity index (χ2n) is 9.33. The lowest BCUT2D eigenvalue weighted by molar-refractivity contribution is 0.402. The van der Waals surface area contributed by atoms with Gasteiger partial charge in [-0.3, -0.25) is 0 Å². The van der Waals surface area contributed by atoms with E-state index in [4.69, 9.17) is 0 Å². The third-order valence-electron chi connectivity index (χ3n) is 7.33. The smallest absolute Gasteiger partial charge is 0.0215 e. The van der Waals surface area contributed by atoms with E-state index in [1.54, 1.807) is 11.1 Å². The Labute approximate surface area is 191 Å². The first-order valence-corrected chi connectivity index (χ1v) is 12.7. The molecule has 0 bridgehead atoms. The number of benzene rings is 2. The van der Waals surface area contributed by atoms with Gasteiger partial charge in [-0.2, -0.15) is 0 Å². The van der Waals surface area contributed by atoms with Gasteiger partial charge in [0.2, 0.25) is 0 Å². The Balaban J connectivity index is 2.00. The first-order valence-electron chi connectivity index (χ1n) is 12.7. The highest BCUT2D eigenvalue weighted by atomic mass is 14.4. The molecule has 0 heteroatoms. The van der Waals surface area contributed by atoms with Crippen molar-refractivity contribution in [1.29, 1.82) is 0 Å². The molecule has 166 valence electrons. The van der Waals surface area contributed by atoms with Gasteiger partial charge in [-0.1, -0.05) is 88.1 Å². The van der Waals surface area contributed by atoms with Crippen LogP contribution in [0.4, 0.5) is 0 Å². The topological polar surface area (TPSA) is 0 Å². The van der Waals surface area contributed by atoms with Crippen molar-refractivity contribution in [3.8, 4) is 11.1 Å². The highest BCUT2D eigenvalue weighted by Crippen LogP contribution is 2.54. The first kappa shape index (κ1) is 23.6. The normalized spacial score (nSPS) is 13.6.